The number of halogens is 1. The van der Waals surface area contributed by atoms with Gasteiger partial charge < -0.3 is 10.1 Å². The number of benzene rings is 3. The summed E-state index contributed by atoms with van der Waals surface area (Å²) in [6, 6.07) is 22.2. The van der Waals surface area contributed by atoms with Crippen LogP contribution in [0.4, 0.5) is 0 Å². The van der Waals surface area contributed by atoms with Crippen LogP contribution < -0.4 is 10.1 Å². The molecule has 8 heteroatoms. The second kappa shape index (κ2) is 10.4. The van der Waals surface area contributed by atoms with Crippen LogP contribution in [0.2, 0.25) is 5.02 Å². The molecule has 0 aliphatic heterocycles. The lowest BCUT2D eigenvalue weighted by molar-refractivity contribution is -0.121. The molecule has 0 saturated heterocycles. The van der Waals surface area contributed by atoms with E-state index in [1.165, 1.54) is 12.1 Å². The smallest absolute Gasteiger partial charge is 0.243 e. The zero-order valence-electron chi connectivity index (χ0n) is 17.0. The molecule has 3 rings (SSSR count). The lowest BCUT2D eigenvalue weighted by Crippen LogP contribution is -2.40. The van der Waals surface area contributed by atoms with Gasteiger partial charge >= 0.3 is 0 Å². The van der Waals surface area contributed by atoms with Crippen molar-refractivity contribution in [1.29, 1.82) is 0 Å². The van der Waals surface area contributed by atoms with Gasteiger partial charge in [-0.05, 0) is 35.9 Å². The van der Waals surface area contributed by atoms with E-state index in [2.05, 4.69) is 5.32 Å². The molecule has 1 N–H and O–H groups in total. The minimum atomic E-state index is -3.89. The molecule has 1 amide bonds. The number of amides is 1. The van der Waals surface area contributed by atoms with Crippen LogP contribution in [0.25, 0.3) is 0 Å². The Balaban J connectivity index is 1.78. The largest absolute Gasteiger partial charge is 0.496 e. The number of rotatable bonds is 9. The van der Waals surface area contributed by atoms with E-state index in [4.69, 9.17) is 16.3 Å². The number of nitrogens with one attached hydrogen (secondary N) is 1. The average Bonchev–Trinajstić information content (AvgIpc) is 2.79. The molecule has 0 aliphatic rings. The fraction of sp³-hybridized carbons (Fsp3) is 0.174. The fourth-order valence-corrected chi connectivity index (χ4v) is 4.55. The molecule has 0 aromatic heterocycles. The van der Waals surface area contributed by atoms with Crippen LogP contribution in [0.15, 0.2) is 83.8 Å². The number of para-hydroxylation sites is 1. The third kappa shape index (κ3) is 6.07. The van der Waals surface area contributed by atoms with Gasteiger partial charge in [0.2, 0.25) is 15.9 Å². The Labute approximate surface area is 187 Å². The van der Waals surface area contributed by atoms with Crippen molar-refractivity contribution >= 4 is 27.5 Å². The SMILES string of the molecule is COc1ccccc1CNC(=O)CN(Cc1ccc(Cl)cc1)S(=O)(=O)c1ccccc1. The van der Waals surface area contributed by atoms with Crippen LogP contribution in [-0.4, -0.2) is 32.3 Å². The first kappa shape index (κ1) is 22.8. The fourth-order valence-electron chi connectivity index (χ4n) is 3.02. The average molecular weight is 459 g/mol. The zero-order valence-corrected chi connectivity index (χ0v) is 18.6. The van der Waals surface area contributed by atoms with E-state index in [-0.39, 0.29) is 24.5 Å². The molecule has 0 aliphatic carbocycles. The standard InChI is InChI=1S/C23H23ClN2O4S/c1-30-22-10-6-5-7-19(22)15-25-23(27)17-26(16-18-11-13-20(24)14-12-18)31(28,29)21-8-3-2-4-9-21/h2-14H,15-17H2,1H3,(H,25,27). The van der Waals surface area contributed by atoms with Crippen LogP contribution >= 0.6 is 11.6 Å². The van der Waals surface area contributed by atoms with E-state index in [9.17, 15) is 13.2 Å². The Morgan fingerprint density at radius 2 is 1.61 bits per heavy atom. The highest BCUT2D eigenvalue weighted by molar-refractivity contribution is 7.89. The van der Waals surface area contributed by atoms with Crippen LogP contribution in [0.5, 0.6) is 5.75 Å². The highest BCUT2D eigenvalue weighted by atomic mass is 35.5. The van der Waals surface area contributed by atoms with Crippen LogP contribution in [0.3, 0.4) is 0 Å². The summed E-state index contributed by atoms with van der Waals surface area (Å²) in [5.41, 5.74) is 1.52. The van der Waals surface area contributed by atoms with Gasteiger partial charge in [-0.1, -0.05) is 60.1 Å². The molecular weight excluding hydrogens is 436 g/mol. The van der Waals surface area contributed by atoms with Crippen molar-refractivity contribution in [1.82, 2.24) is 9.62 Å². The molecule has 0 atom stereocenters. The third-order valence-electron chi connectivity index (χ3n) is 4.64. The summed E-state index contributed by atoms with van der Waals surface area (Å²) in [5.74, 6) is 0.233. The topological polar surface area (TPSA) is 75.7 Å². The Morgan fingerprint density at radius 1 is 0.968 bits per heavy atom. The number of sulfonamides is 1. The first-order valence-corrected chi connectivity index (χ1v) is 11.4. The molecule has 0 heterocycles. The minimum absolute atomic E-state index is 0.0382. The van der Waals surface area contributed by atoms with E-state index >= 15 is 0 Å². The summed E-state index contributed by atoms with van der Waals surface area (Å²) in [7, 11) is -2.33. The molecule has 3 aromatic carbocycles. The number of methoxy groups -OCH3 is 1. The van der Waals surface area contributed by atoms with Crippen molar-refractivity contribution in [3.05, 3.63) is 95.0 Å². The first-order chi connectivity index (χ1) is 14.9. The summed E-state index contributed by atoms with van der Waals surface area (Å²) < 4.78 is 32.9. The summed E-state index contributed by atoms with van der Waals surface area (Å²) in [4.78, 5) is 12.8. The molecule has 0 fully saturated rings. The number of nitrogens with zero attached hydrogens (tertiary/aromatic N) is 1. The monoisotopic (exact) mass is 458 g/mol. The summed E-state index contributed by atoms with van der Waals surface area (Å²) >= 11 is 5.94. The lowest BCUT2D eigenvalue weighted by atomic mass is 10.2. The van der Waals surface area contributed by atoms with Gasteiger partial charge in [-0.25, -0.2) is 8.42 Å². The van der Waals surface area contributed by atoms with Crippen molar-refractivity contribution in [3.63, 3.8) is 0 Å². The van der Waals surface area contributed by atoms with Gasteiger partial charge in [-0.15, -0.1) is 0 Å². The Hall–Kier alpha value is -2.87. The minimum Gasteiger partial charge on any atom is -0.496 e. The number of hydrogen-bond donors (Lipinski definition) is 1. The van der Waals surface area contributed by atoms with Gasteiger partial charge in [0.25, 0.3) is 0 Å². The second-order valence-corrected chi connectivity index (χ2v) is 9.18. The molecule has 3 aromatic rings. The van der Waals surface area contributed by atoms with Crippen molar-refractivity contribution in [2.45, 2.75) is 18.0 Å². The van der Waals surface area contributed by atoms with Crippen molar-refractivity contribution < 1.29 is 17.9 Å². The molecule has 6 nitrogen and oxygen atoms in total. The van der Waals surface area contributed by atoms with Crippen molar-refractivity contribution in [2.75, 3.05) is 13.7 Å². The molecular formula is C23H23ClN2O4S. The number of carbonyl (C=O) groups excluding carboxylic acids is 1. The summed E-state index contributed by atoms with van der Waals surface area (Å²) in [5, 5.41) is 3.33. The summed E-state index contributed by atoms with van der Waals surface area (Å²) in [6.45, 7) is -0.0610. The Bertz CT molecular complexity index is 1120. The van der Waals surface area contributed by atoms with Crippen molar-refractivity contribution in [2.24, 2.45) is 0 Å². The van der Waals surface area contributed by atoms with E-state index < -0.39 is 15.9 Å². The molecule has 162 valence electrons. The van der Waals surface area contributed by atoms with Gasteiger partial charge in [0.05, 0.1) is 18.6 Å². The summed E-state index contributed by atoms with van der Waals surface area (Å²) in [6.07, 6.45) is 0. The molecule has 0 unspecified atom stereocenters. The quantitative estimate of drug-likeness (QED) is 0.528. The zero-order chi connectivity index (χ0) is 22.3. The number of hydrogen-bond acceptors (Lipinski definition) is 4. The maximum atomic E-state index is 13.2. The normalized spacial score (nSPS) is 11.3. The third-order valence-corrected chi connectivity index (χ3v) is 6.70. The van der Waals surface area contributed by atoms with E-state index in [0.717, 1.165) is 15.4 Å². The van der Waals surface area contributed by atoms with E-state index in [1.54, 1.807) is 55.6 Å². The predicted molar refractivity (Wildman–Crippen MR) is 120 cm³/mol. The molecule has 0 saturated carbocycles. The maximum absolute atomic E-state index is 13.2. The molecule has 0 radical (unpaired) electrons. The first-order valence-electron chi connectivity index (χ1n) is 9.58. The van der Waals surface area contributed by atoms with Crippen LogP contribution in [-0.2, 0) is 27.9 Å². The predicted octanol–water partition coefficient (Wildman–Crippen LogP) is 3.86. The van der Waals surface area contributed by atoms with Gasteiger partial charge in [-0.3, -0.25) is 4.79 Å². The van der Waals surface area contributed by atoms with Gasteiger partial charge in [-0.2, -0.15) is 4.31 Å². The van der Waals surface area contributed by atoms with Crippen LogP contribution in [0.1, 0.15) is 11.1 Å². The van der Waals surface area contributed by atoms with E-state index in [0.29, 0.717) is 10.8 Å². The molecule has 0 bridgehead atoms. The number of carbonyl (C=O) groups is 1. The highest BCUT2D eigenvalue weighted by Crippen LogP contribution is 2.20. The highest BCUT2D eigenvalue weighted by Gasteiger charge is 2.26. The second-order valence-electron chi connectivity index (χ2n) is 6.80. The molecule has 31 heavy (non-hydrogen) atoms. The Morgan fingerprint density at radius 3 is 2.29 bits per heavy atom. The van der Waals surface area contributed by atoms with Gasteiger partial charge in [0, 0.05) is 23.7 Å². The van der Waals surface area contributed by atoms with E-state index in [1.807, 2.05) is 18.2 Å². The van der Waals surface area contributed by atoms with Crippen molar-refractivity contribution in [3.8, 4) is 5.75 Å². The van der Waals surface area contributed by atoms with Gasteiger partial charge in [0.15, 0.2) is 0 Å². The molecule has 0 spiro atoms. The number of ether oxygens (including phenoxy) is 1. The Kier molecular flexibility index (Phi) is 7.68. The lowest BCUT2D eigenvalue weighted by Gasteiger charge is -2.22. The van der Waals surface area contributed by atoms with Gasteiger partial charge in [0.1, 0.15) is 5.75 Å². The van der Waals surface area contributed by atoms with Crippen LogP contribution in [0, 0.1) is 0 Å². The maximum Gasteiger partial charge on any atom is 0.243 e.